The molecular weight excluding hydrogens is 344 g/mol. The summed E-state index contributed by atoms with van der Waals surface area (Å²) in [5.74, 6) is -0.484. The number of cyclic esters (lactones) is 1. The van der Waals surface area contributed by atoms with Crippen LogP contribution >= 0.6 is 15.9 Å². The molecule has 22 heavy (non-hydrogen) atoms. The lowest BCUT2D eigenvalue weighted by Gasteiger charge is -2.34. The van der Waals surface area contributed by atoms with E-state index in [1.807, 2.05) is 19.1 Å². The lowest BCUT2D eigenvalue weighted by Crippen LogP contribution is -2.36. The summed E-state index contributed by atoms with van der Waals surface area (Å²) < 4.78 is 12.1. The van der Waals surface area contributed by atoms with Gasteiger partial charge in [0.25, 0.3) is 0 Å². The van der Waals surface area contributed by atoms with E-state index in [-0.39, 0.29) is 11.9 Å². The summed E-state index contributed by atoms with van der Waals surface area (Å²) in [4.78, 5) is 12.0. The van der Waals surface area contributed by atoms with Crippen molar-refractivity contribution in [2.75, 3.05) is 0 Å². The molecule has 0 bridgehead atoms. The highest BCUT2D eigenvalue weighted by molar-refractivity contribution is 9.10. The van der Waals surface area contributed by atoms with Crippen LogP contribution in [0.5, 0.6) is 0 Å². The number of ether oxygens (including phenoxy) is 2. The van der Waals surface area contributed by atoms with Gasteiger partial charge >= 0.3 is 5.97 Å². The number of rotatable bonds is 4. The van der Waals surface area contributed by atoms with Crippen LogP contribution in [-0.2, 0) is 14.3 Å². The van der Waals surface area contributed by atoms with Crippen molar-refractivity contribution in [1.82, 2.24) is 0 Å². The molecule has 4 heteroatoms. The van der Waals surface area contributed by atoms with Gasteiger partial charge in [-0.3, -0.25) is 0 Å². The monoisotopic (exact) mass is 364 g/mol. The second-order valence-electron chi connectivity index (χ2n) is 6.10. The largest absolute Gasteiger partial charge is 0.457 e. The zero-order valence-corrected chi connectivity index (χ0v) is 15.0. The smallest absolute Gasteiger partial charge is 0.340 e. The first-order chi connectivity index (χ1) is 10.2. The molecular formula is C18H21BrO3. The van der Waals surface area contributed by atoms with Gasteiger partial charge < -0.3 is 9.47 Å². The molecule has 118 valence electrons. The first-order valence-electron chi connectivity index (χ1n) is 7.22. The van der Waals surface area contributed by atoms with Crippen LogP contribution in [0.15, 0.2) is 52.2 Å². The predicted octanol–water partition coefficient (Wildman–Crippen LogP) is 5.08. The average molecular weight is 365 g/mol. The highest BCUT2D eigenvalue weighted by Gasteiger charge is 2.34. The van der Waals surface area contributed by atoms with Gasteiger partial charge in [-0.2, -0.15) is 0 Å². The summed E-state index contributed by atoms with van der Waals surface area (Å²) in [6, 6.07) is 8.12. The molecule has 3 nitrogen and oxygen atoms in total. The van der Waals surface area contributed by atoms with Crippen LogP contribution in [0.4, 0.5) is 0 Å². The van der Waals surface area contributed by atoms with E-state index in [0.29, 0.717) is 17.8 Å². The number of halogens is 1. The molecule has 0 radical (unpaired) electrons. The molecule has 1 atom stereocenters. The molecule has 0 saturated heterocycles. The minimum Gasteiger partial charge on any atom is -0.457 e. The van der Waals surface area contributed by atoms with Gasteiger partial charge in [-0.15, -0.1) is 0 Å². The van der Waals surface area contributed by atoms with Crippen molar-refractivity contribution >= 4 is 21.9 Å². The minimum atomic E-state index is -0.928. The molecule has 0 aromatic heterocycles. The third kappa shape index (κ3) is 3.80. The number of hydrogen-bond acceptors (Lipinski definition) is 3. The van der Waals surface area contributed by atoms with Crippen molar-refractivity contribution in [3.8, 4) is 0 Å². The molecule has 2 rings (SSSR count). The molecule has 0 saturated carbocycles. The molecule has 1 aromatic carbocycles. The summed E-state index contributed by atoms with van der Waals surface area (Å²) >= 11 is 3.50. The Balaban J connectivity index is 2.34. The van der Waals surface area contributed by atoms with Gasteiger partial charge in [0.05, 0.1) is 5.57 Å². The fourth-order valence-corrected chi connectivity index (χ4v) is 2.90. The van der Waals surface area contributed by atoms with Crippen LogP contribution in [0.3, 0.4) is 0 Å². The molecule has 0 N–H and O–H groups in total. The molecule has 1 aliphatic heterocycles. The maximum Gasteiger partial charge on any atom is 0.340 e. The first kappa shape index (κ1) is 16.8. The highest BCUT2D eigenvalue weighted by Crippen LogP contribution is 2.36. The number of benzene rings is 1. The van der Waals surface area contributed by atoms with Crippen LogP contribution in [0.1, 0.15) is 45.6 Å². The van der Waals surface area contributed by atoms with Crippen molar-refractivity contribution in [1.29, 1.82) is 0 Å². The zero-order chi connectivity index (χ0) is 16.5. The third-order valence-corrected chi connectivity index (χ3v) is 4.16. The Labute approximate surface area is 140 Å². The van der Waals surface area contributed by atoms with Crippen molar-refractivity contribution in [3.63, 3.8) is 0 Å². The Kier molecular flexibility index (Phi) is 4.81. The van der Waals surface area contributed by atoms with Crippen LogP contribution in [0, 0.1) is 0 Å². The maximum atomic E-state index is 12.0. The molecule has 1 aromatic rings. The van der Waals surface area contributed by atoms with Crippen LogP contribution in [0.2, 0.25) is 0 Å². The quantitative estimate of drug-likeness (QED) is 0.551. The van der Waals surface area contributed by atoms with Gasteiger partial charge in [0.1, 0.15) is 5.76 Å². The summed E-state index contributed by atoms with van der Waals surface area (Å²) in [7, 11) is 0. The van der Waals surface area contributed by atoms with Crippen LogP contribution in [0.25, 0.3) is 0 Å². The highest BCUT2D eigenvalue weighted by atomic mass is 79.9. The van der Waals surface area contributed by atoms with Gasteiger partial charge in [0, 0.05) is 30.7 Å². The summed E-state index contributed by atoms with van der Waals surface area (Å²) in [6.45, 7) is 11.3. The Morgan fingerprint density at radius 3 is 2.64 bits per heavy atom. The number of allylic oxidation sites excluding steroid dienone is 2. The standard InChI is InChI=1S/C18H21BrO3/c1-11(2)15(13-7-6-8-14(19)9-13)10-16-12(3)17(20)22-18(4,5)21-16/h6-9,15H,1,10H2,2-5H3/t15-/m0/s1. The molecule has 1 heterocycles. The van der Waals surface area contributed by atoms with E-state index in [1.54, 1.807) is 20.8 Å². The summed E-state index contributed by atoms with van der Waals surface area (Å²) in [5.41, 5.74) is 2.70. The van der Waals surface area contributed by atoms with E-state index in [2.05, 4.69) is 34.6 Å². The van der Waals surface area contributed by atoms with Gasteiger partial charge in [0.15, 0.2) is 0 Å². The van der Waals surface area contributed by atoms with E-state index in [1.165, 1.54) is 0 Å². The fraction of sp³-hybridized carbons (Fsp3) is 0.389. The topological polar surface area (TPSA) is 35.5 Å². The molecule has 0 unspecified atom stereocenters. The lowest BCUT2D eigenvalue weighted by atomic mass is 9.88. The number of carbonyl (C=O) groups excluding carboxylic acids is 1. The normalized spacial score (nSPS) is 18.5. The van der Waals surface area contributed by atoms with Crippen LogP contribution < -0.4 is 0 Å². The second-order valence-corrected chi connectivity index (χ2v) is 7.01. The fourth-order valence-electron chi connectivity index (χ4n) is 2.49. The van der Waals surface area contributed by atoms with Gasteiger partial charge in [-0.05, 0) is 31.5 Å². The van der Waals surface area contributed by atoms with Crippen molar-refractivity contribution in [2.45, 2.75) is 45.8 Å². The van der Waals surface area contributed by atoms with Crippen molar-refractivity contribution < 1.29 is 14.3 Å². The lowest BCUT2D eigenvalue weighted by molar-refractivity contribution is -0.208. The number of carbonyl (C=O) groups is 1. The second kappa shape index (κ2) is 6.29. The van der Waals surface area contributed by atoms with E-state index in [4.69, 9.17) is 9.47 Å². The first-order valence-corrected chi connectivity index (χ1v) is 8.02. The molecule has 0 amide bonds. The van der Waals surface area contributed by atoms with E-state index in [0.717, 1.165) is 15.6 Å². The van der Waals surface area contributed by atoms with Crippen molar-refractivity contribution in [2.24, 2.45) is 0 Å². The summed E-state index contributed by atoms with van der Waals surface area (Å²) in [6.07, 6.45) is 0.593. The number of esters is 1. The number of hydrogen-bond donors (Lipinski definition) is 0. The van der Waals surface area contributed by atoms with E-state index >= 15 is 0 Å². The Hall–Kier alpha value is -1.55. The van der Waals surface area contributed by atoms with Crippen molar-refractivity contribution in [3.05, 3.63) is 57.8 Å². The van der Waals surface area contributed by atoms with Gasteiger partial charge in [-0.25, -0.2) is 4.79 Å². The van der Waals surface area contributed by atoms with Crippen LogP contribution in [-0.4, -0.2) is 11.8 Å². The SMILES string of the molecule is C=C(C)[C@H](CC1=C(C)C(=O)OC(C)(C)O1)c1cccc(Br)c1. The molecule has 0 fully saturated rings. The molecule has 0 spiro atoms. The minimum absolute atomic E-state index is 0.0872. The molecule has 0 aliphatic carbocycles. The Bertz CT molecular complexity index is 643. The van der Waals surface area contributed by atoms with E-state index in [9.17, 15) is 4.79 Å². The maximum absolute atomic E-state index is 12.0. The summed E-state index contributed by atoms with van der Waals surface area (Å²) in [5, 5.41) is 0. The van der Waals surface area contributed by atoms with Gasteiger partial charge in [-0.1, -0.05) is 40.2 Å². The van der Waals surface area contributed by atoms with Gasteiger partial charge in [0.2, 0.25) is 5.79 Å². The zero-order valence-electron chi connectivity index (χ0n) is 13.4. The third-order valence-electron chi connectivity index (χ3n) is 3.67. The Morgan fingerprint density at radius 1 is 1.36 bits per heavy atom. The average Bonchev–Trinajstić information content (AvgIpc) is 2.40. The predicted molar refractivity (Wildman–Crippen MR) is 90.3 cm³/mol. The van der Waals surface area contributed by atoms with E-state index < -0.39 is 5.79 Å². The molecule has 1 aliphatic rings. The Morgan fingerprint density at radius 2 is 2.05 bits per heavy atom.